The zero-order valence-corrected chi connectivity index (χ0v) is 19.1. The minimum absolute atomic E-state index is 0.0166. The molecule has 0 bridgehead atoms. The Bertz CT molecular complexity index is 1270. The molecule has 1 aromatic carbocycles. The van der Waals surface area contributed by atoms with Gasteiger partial charge in [0, 0.05) is 43.0 Å². The SMILES string of the molecule is CC(CCn1ccc(-c2ccc(OCc3cccnc3)cc2)cc1=O)(C(=O)NO)S(C)(=O)=O. The fraction of sp³-hybridized carbons (Fsp3) is 0.261. The first-order chi connectivity index (χ1) is 15.6. The number of hydrogen-bond acceptors (Lipinski definition) is 7. The van der Waals surface area contributed by atoms with Crippen LogP contribution in [0.2, 0.25) is 0 Å². The van der Waals surface area contributed by atoms with Crippen molar-refractivity contribution in [2.75, 3.05) is 6.26 Å². The van der Waals surface area contributed by atoms with E-state index in [1.165, 1.54) is 23.0 Å². The van der Waals surface area contributed by atoms with Crippen LogP contribution in [0.1, 0.15) is 18.9 Å². The number of aryl methyl sites for hydroxylation is 1. The fourth-order valence-electron chi connectivity index (χ4n) is 3.19. The molecule has 9 nitrogen and oxygen atoms in total. The lowest BCUT2D eigenvalue weighted by atomic mass is 10.1. The van der Waals surface area contributed by atoms with E-state index in [9.17, 15) is 18.0 Å². The summed E-state index contributed by atoms with van der Waals surface area (Å²) in [6.45, 7) is 1.59. The molecule has 0 aliphatic heterocycles. The zero-order chi connectivity index (χ0) is 24.1. The van der Waals surface area contributed by atoms with Crippen molar-refractivity contribution in [1.82, 2.24) is 15.0 Å². The summed E-state index contributed by atoms with van der Waals surface area (Å²) in [5, 5.41) is 8.91. The van der Waals surface area contributed by atoms with Crippen molar-refractivity contribution >= 4 is 15.7 Å². The van der Waals surface area contributed by atoms with E-state index in [1.807, 2.05) is 36.4 Å². The van der Waals surface area contributed by atoms with Crippen molar-refractivity contribution in [3.63, 3.8) is 0 Å². The van der Waals surface area contributed by atoms with Gasteiger partial charge >= 0.3 is 0 Å². The third-order valence-electron chi connectivity index (χ3n) is 5.54. The molecule has 2 N–H and O–H groups in total. The van der Waals surface area contributed by atoms with Crippen molar-refractivity contribution in [1.29, 1.82) is 0 Å². The van der Waals surface area contributed by atoms with Gasteiger partial charge in [-0.3, -0.25) is 19.8 Å². The van der Waals surface area contributed by atoms with Crippen molar-refractivity contribution in [2.24, 2.45) is 0 Å². The number of ether oxygens (including phenoxy) is 1. The summed E-state index contributed by atoms with van der Waals surface area (Å²) in [7, 11) is -3.84. The number of benzene rings is 1. The number of aromatic nitrogens is 2. The van der Waals surface area contributed by atoms with Gasteiger partial charge in [0.2, 0.25) is 0 Å². The van der Waals surface area contributed by atoms with Gasteiger partial charge < -0.3 is 9.30 Å². The molecule has 0 aliphatic rings. The quantitative estimate of drug-likeness (QED) is 0.362. The van der Waals surface area contributed by atoms with E-state index in [0.29, 0.717) is 17.9 Å². The maximum absolute atomic E-state index is 12.6. The van der Waals surface area contributed by atoms with Crippen molar-refractivity contribution in [3.8, 4) is 16.9 Å². The van der Waals surface area contributed by atoms with Crippen molar-refractivity contribution in [2.45, 2.75) is 31.2 Å². The summed E-state index contributed by atoms with van der Waals surface area (Å²) in [4.78, 5) is 28.6. The number of amides is 1. The molecular weight excluding hydrogens is 446 g/mol. The molecule has 0 fully saturated rings. The lowest BCUT2D eigenvalue weighted by Crippen LogP contribution is -2.49. The average molecular weight is 472 g/mol. The number of nitrogens with zero attached hydrogens (tertiary/aromatic N) is 2. The number of sulfone groups is 1. The van der Waals surface area contributed by atoms with E-state index in [-0.39, 0.29) is 18.5 Å². The van der Waals surface area contributed by atoms with Gasteiger partial charge in [-0.15, -0.1) is 0 Å². The molecule has 10 heteroatoms. The molecular formula is C23H25N3O6S. The highest BCUT2D eigenvalue weighted by Gasteiger charge is 2.43. The zero-order valence-electron chi connectivity index (χ0n) is 18.3. The molecule has 0 radical (unpaired) electrons. The van der Waals surface area contributed by atoms with Crippen LogP contribution in [0.4, 0.5) is 0 Å². The van der Waals surface area contributed by atoms with E-state index >= 15 is 0 Å². The van der Waals surface area contributed by atoms with Crippen LogP contribution in [0.15, 0.2) is 71.9 Å². The molecule has 2 aromatic heterocycles. The van der Waals surface area contributed by atoms with Crippen LogP contribution >= 0.6 is 0 Å². The Morgan fingerprint density at radius 2 is 1.91 bits per heavy atom. The molecule has 0 saturated heterocycles. The number of carbonyl (C=O) groups is 1. The number of rotatable bonds is 9. The van der Waals surface area contributed by atoms with Gasteiger partial charge in [0.25, 0.3) is 11.5 Å². The minimum atomic E-state index is -3.84. The Labute approximate surface area is 191 Å². The Morgan fingerprint density at radius 1 is 1.18 bits per heavy atom. The largest absolute Gasteiger partial charge is 0.489 e. The second-order valence-electron chi connectivity index (χ2n) is 7.82. The molecule has 1 amide bonds. The van der Waals surface area contributed by atoms with Crippen molar-refractivity contribution in [3.05, 3.63) is 83.0 Å². The summed E-state index contributed by atoms with van der Waals surface area (Å²) in [5.74, 6) is -0.362. The highest BCUT2D eigenvalue weighted by molar-refractivity contribution is 7.92. The summed E-state index contributed by atoms with van der Waals surface area (Å²) in [6.07, 6.45) is 5.71. The van der Waals surface area contributed by atoms with E-state index in [4.69, 9.17) is 9.94 Å². The van der Waals surface area contributed by atoms with Crippen LogP contribution < -0.4 is 15.8 Å². The Kier molecular flexibility index (Phi) is 7.29. The van der Waals surface area contributed by atoms with Gasteiger partial charge in [-0.05, 0) is 48.7 Å². The molecule has 3 rings (SSSR count). The molecule has 0 aliphatic carbocycles. The topological polar surface area (TPSA) is 128 Å². The Morgan fingerprint density at radius 3 is 2.48 bits per heavy atom. The highest BCUT2D eigenvalue weighted by Crippen LogP contribution is 2.24. The summed E-state index contributed by atoms with van der Waals surface area (Å²) < 4.78 is 29.4. The monoisotopic (exact) mass is 471 g/mol. The van der Waals surface area contributed by atoms with E-state index in [2.05, 4.69) is 4.98 Å². The smallest absolute Gasteiger partial charge is 0.264 e. The van der Waals surface area contributed by atoms with Crippen LogP contribution in [0.3, 0.4) is 0 Å². The molecule has 0 spiro atoms. The summed E-state index contributed by atoms with van der Waals surface area (Å²) >= 11 is 0. The summed E-state index contributed by atoms with van der Waals surface area (Å²) in [5.41, 5.74) is 3.51. The molecule has 1 unspecified atom stereocenters. The lowest BCUT2D eigenvalue weighted by molar-refractivity contribution is -0.131. The van der Waals surface area contributed by atoms with Gasteiger partial charge in [0.15, 0.2) is 14.6 Å². The fourth-order valence-corrected chi connectivity index (χ4v) is 4.03. The third kappa shape index (κ3) is 5.65. The van der Waals surface area contributed by atoms with Crippen LogP contribution in [-0.2, 0) is 27.8 Å². The van der Waals surface area contributed by atoms with E-state index < -0.39 is 20.5 Å². The summed E-state index contributed by atoms with van der Waals surface area (Å²) in [6, 6.07) is 14.2. The molecule has 1 atom stereocenters. The molecule has 3 aromatic rings. The average Bonchev–Trinajstić information content (AvgIpc) is 2.81. The van der Waals surface area contributed by atoms with Gasteiger partial charge in [-0.2, -0.15) is 0 Å². The first-order valence-electron chi connectivity index (χ1n) is 10.1. The number of hydroxylamine groups is 1. The highest BCUT2D eigenvalue weighted by atomic mass is 32.2. The molecule has 174 valence electrons. The maximum Gasteiger partial charge on any atom is 0.264 e. The predicted octanol–water partition coefficient (Wildman–Crippen LogP) is 2.19. The molecule has 0 saturated carbocycles. The number of pyridine rings is 2. The maximum atomic E-state index is 12.6. The second-order valence-corrected chi connectivity index (χ2v) is 10.3. The van der Waals surface area contributed by atoms with Crippen molar-refractivity contribution < 1.29 is 23.2 Å². The van der Waals surface area contributed by atoms with Crippen LogP contribution in [0, 0.1) is 0 Å². The van der Waals surface area contributed by atoms with E-state index in [0.717, 1.165) is 17.4 Å². The Hall–Kier alpha value is -3.50. The predicted molar refractivity (Wildman–Crippen MR) is 123 cm³/mol. The normalized spacial score (nSPS) is 13.2. The standard InChI is InChI=1S/C23H25N3O6S/c1-23(22(28)25-29,33(2,30)31)10-13-26-12-9-19(14-21(26)27)18-5-7-20(8-6-18)32-16-17-4-3-11-24-15-17/h3-9,11-12,14-15,29H,10,13,16H2,1-2H3,(H,25,28). The minimum Gasteiger partial charge on any atom is -0.489 e. The first-order valence-corrected chi connectivity index (χ1v) is 12.0. The number of carbonyl (C=O) groups excluding carboxylic acids is 1. The number of nitrogens with one attached hydrogen (secondary N) is 1. The molecule has 33 heavy (non-hydrogen) atoms. The second kappa shape index (κ2) is 9.97. The van der Waals surface area contributed by atoms with Gasteiger partial charge in [0.05, 0.1) is 0 Å². The van der Waals surface area contributed by atoms with Gasteiger partial charge in [-0.1, -0.05) is 18.2 Å². The van der Waals surface area contributed by atoms with Crippen LogP contribution in [0.25, 0.3) is 11.1 Å². The van der Waals surface area contributed by atoms with E-state index in [1.54, 1.807) is 24.7 Å². The third-order valence-corrected chi connectivity index (χ3v) is 7.57. The van der Waals surface area contributed by atoms with Gasteiger partial charge in [-0.25, -0.2) is 13.9 Å². The van der Waals surface area contributed by atoms with Gasteiger partial charge in [0.1, 0.15) is 12.4 Å². The van der Waals surface area contributed by atoms with Crippen LogP contribution in [-0.4, -0.2) is 40.1 Å². The Balaban J connectivity index is 1.70. The van der Waals surface area contributed by atoms with Crippen LogP contribution in [0.5, 0.6) is 5.75 Å². The molecule has 2 heterocycles. The number of hydrogen-bond donors (Lipinski definition) is 2. The lowest BCUT2D eigenvalue weighted by Gasteiger charge is -2.25. The first kappa shape index (κ1) is 24.1.